The molecule has 2 heterocycles. The van der Waals surface area contributed by atoms with Gasteiger partial charge >= 0.3 is 5.97 Å². The van der Waals surface area contributed by atoms with Gasteiger partial charge in [0, 0.05) is 13.1 Å². The lowest BCUT2D eigenvalue weighted by Gasteiger charge is -2.17. The topological polar surface area (TPSA) is 58.4 Å². The number of aromatic nitrogens is 2. The lowest BCUT2D eigenvalue weighted by atomic mass is 9.97. The van der Waals surface area contributed by atoms with Crippen molar-refractivity contribution >= 4 is 17.0 Å². The molecule has 1 aliphatic rings. The third-order valence-electron chi connectivity index (χ3n) is 5.89. The predicted molar refractivity (Wildman–Crippen MR) is 111 cm³/mol. The fourth-order valence-electron chi connectivity index (χ4n) is 4.26. The van der Waals surface area contributed by atoms with Gasteiger partial charge in [-0.1, -0.05) is 31.2 Å². The minimum Gasteiger partial charge on any atom is -0.478 e. The molecule has 0 radical (unpaired) electrons. The smallest absolute Gasteiger partial charge is 0.335 e. The molecule has 0 saturated carbocycles. The summed E-state index contributed by atoms with van der Waals surface area (Å²) in [5.74, 6) is 0.678. The highest BCUT2D eigenvalue weighted by atomic mass is 16.4. The van der Waals surface area contributed by atoms with Crippen LogP contribution in [0.4, 0.5) is 0 Å². The summed E-state index contributed by atoms with van der Waals surface area (Å²) in [4.78, 5) is 18.5. The largest absolute Gasteiger partial charge is 0.478 e. The molecule has 0 spiro atoms. The van der Waals surface area contributed by atoms with Gasteiger partial charge in [-0.15, -0.1) is 0 Å². The predicted octanol–water partition coefficient (Wildman–Crippen LogP) is 4.31. The summed E-state index contributed by atoms with van der Waals surface area (Å²) < 4.78 is 2.20. The van der Waals surface area contributed by atoms with Crippen LogP contribution >= 0.6 is 0 Å². The summed E-state index contributed by atoms with van der Waals surface area (Å²) in [6.07, 6.45) is 2.24. The molecule has 1 atom stereocenters. The number of rotatable bonds is 6. The second-order valence-corrected chi connectivity index (χ2v) is 7.60. The molecule has 5 heteroatoms. The fourth-order valence-corrected chi connectivity index (χ4v) is 4.26. The molecular formula is C23H27N3O2. The van der Waals surface area contributed by atoms with Gasteiger partial charge in [0.1, 0.15) is 5.82 Å². The van der Waals surface area contributed by atoms with Crippen LogP contribution in [0.15, 0.2) is 42.5 Å². The minimum absolute atomic E-state index is 0.288. The van der Waals surface area contributed by atoms with E-state index in [1.807, 2.05) is 6.07 Å². The molecule has 1 aliphatic heterocycles. The lowest BCUT2D eigenvalue weighted by molar-refractivity contribution is 0.0697. The standard InChI is InChI=1S/C23H27N3O2/c1-3-16-5-7-17(8-6-16)19-11-12-25(14-19)15-22-24-20-13-18(23(27)28)9-10-21(20)26(22)4-2/h5-10,13,19H,3-4,11-12,14-15H2,1-2H3,(H,27,28). The SMILES string of the molecule is CCc1ccc(C2CCN(Cc3nc4cc(C(=O)O)ccc4n3CC)C2)cc1. The molecule has 146 valence electrons. The summed E-state index contributed by atoms with van der Waals surface area (Å²) in [5, 5.41) is 9.23. The van der Waals surface area contributed by atoms with Gasteiger partial charge in [-0.3, -0.25) is 4.90 Å². The van der Waals surface area contributed by atoms with Gasteiger partial charge in [-0.25, -0.2) is 9.78 Å². The summed E-state index contributed by atoms with van der Waals surface area (Å²) in [7, 11) is 0. The van der Waals surface area contributed by atoms with E-state index >= 15 is 0 Å². The molecule has 1 unspecified atom stereocenters. The van der Waals surface area contributed by atoms with Gasteiger partial charge < -0.3 is 9.67 Å². The Labute approximate surface area is 165 Å². The summed E-state index contributed by atoms with van der Waals surface area (Å²) in [5.41, 5.74) is 4.87. The number of carboxylic acids is 1. The Morgan fingerprint density at radius 3 is 2.64 bits per heavy atom. The van der Waals surface area contributed by atoms with Crippen LogP contribution in [0.25, 0.3) is 11.0 Å². The molecule has 2 aromatic carbocycles. The average molecular weight is 377 g/mol. The Balaban J connectivity index is 1.52. The molecule has 1 N–H and O–H groups in total. The van der Waals surface area contributed by atoms with Gasteiger partial charge in [0.15, 0.2) is 0 Å². The van der Waals surface area contributed by atoms with E-state index in [1.165, 1.54) is 17.5 Å². The van der Waals surface area contributed by atoms with Crippen molar-refractivity contribution in [2.45, 2.75) is 45.7 Å². The highest BCUT2D eigenvalue weighted by Gasteiger charge is 2.25. The Hall–Kier alpha value is -2.66. The molecule has 1 saturated heterocycles. The van der Waals surface area contributed by atoms with Crippen LogP contribution in [0.2, 0.25) is 0 Å². The van der Waals surface area contributed by atoms with E-state index in [-0.39, 0.29) is 5.56 Å². The molecule has 28 heavy (non-hydrogen) atoms. The van der Waals surface area contributed by atoms with Crippen LogP contribution in [0.5, 0.6) is 0 Å². The van der Waals surface area contributed by atoms with Crippen molar-refractivity contribution < 1.29 is 9.90 Å². The van der Waals surface area contributed by atoms with Crippen molar-refractivity contribution in [3.8, 4) is 0 Å². The number of hydrogen-bond acceptors (Lipinski definition) is 3. The number of carboxylic acid groups (broad SMARTS) is 1. The van der Waals surface area contributed by atoms with Crippen molar-refractivity contribution in [2.24, 2.45) is 0 Å². The molecule has 0 bridgehead atoms. The van der Waals surface area contributed by atoms with E-state index in [0.717, 1.165) is 49.5 Å². The average Bonchev–Trinajstić information content (AvgIpc) is 3.31. The van der Waals surface area contributed by atoms with Crippen molar-refractivity contribution in [1.82, 2.24) is 14.5 Å². The lowest BCUT2D eigenvalue weighted by Crippen LogP contribution is -2.22. The molecule has 1 fully saturated rings. The zero-order valence-corrected chi connectivity index (χ0v) is 16.6. The number of benzene rings is 2. The highest BCUT2D eigenvalue weighted by molar-refractivity contribution is 5.92. The minimum atomic E-state index is -0.911. The van der Waals surface area contributed by atoms with Crippen LogP contribution in [-0.4, -0.2) is 38.6 Å². The van der Waals surface area contributed by atoms with Crippen molar-refractivity contribution in [2.75, 3.05) is 13.1 Å². The van der Waals surface area contributed by atoms with Crippen LogP contribution in [-0.2, 0) is 19.5 Å². The first-order chi connectivity index (χ1) is 13.6. The first kappa shape index (κ1) is 18.7. The molecule has 3 aromatic rings. The van der Waals surface area contributed by atoms with Crippen LogP contribution < -0.4 is 0 Å². The second kappa shape index (κ2) is 7.76. The highest BCUT2D eigenvalue weighted by Crippen LogP contribution is 2.29. The fraction of sp³-hybridized carbons (Fsp3) is 0.391. The van der Waals surface area contributed by atoms with Gasteiger partial charge in [0.05, 0.1) is 23.1 Å². The number of carbonyl (C=O) groups is 1. The first-order valence-corrected chi connectivity index (χ1v) is 10.1. The quantitative estimate of drug-likeness (QED) is 0.696. The molecule has 4 rings (SSSR count). The maximum Gasteiger partial charge on any atom is 0.335 e. The van der Waals surface area contributed by atoms with Crippen LogP contribution in [0.3, 0.4) is 0 Å². The van der Waals surface area contributed by atoms with Crippen molar-refractivity contribution in [3.63, 3.8) is 0 Å². The van der Waals surface area contributed by atoms with E-state index in [0.29, 0.717) is 5.92 Å². The number of hydrogen-bond donors (Lipinski definition) is 1. The molecule has 0 amide bonds. The number of likely N-dealkylation sites (tertiary alicyclic amines) is 1. The summed E-state index contributed by atoms with van der Waals surface area (Å²) in [6.45, 7) is 8.03. The number of imidazole rings is 1. The normalized spacial score (nSPS) is 17.4. The van der Waals surface area contributed by atoms with Crippen LogP contribution in [0.1, 0.15) is 53.5 Å². The maximum atomic E-state index is 11.3. The van der Waals surface area contributed by atoms with Gasteiger partial charge in [0.25, 0.3) is 0 Å². The molecule has 5 nitrogen and oxygen atoms in total. The molecular weight excluding hydrogens is 350 g/mol. The third-order valence-corrected chi connectivity index (χ3v) is 5.89. The first-order valence-electron chi connectivity index (χ1n) is 10.1. The summed E-state index contributed by atoms with van der Waals surface area (Å²) >= 11 is 0. The zero-order chi connectivity index (χ0) is 19.7. The van der Waals surface area contributed by atoms with E-state index in [9.17, 15) is 9.90 Å². The van der Waals surface area contributed by atoms with Crippen molar-refractivity contribution in [3.05, 3.63) is 65.0 Å². The Morgan fingerprint density at radius 2 is 1.96 bits per heavy atom. The van der Waals surface area contributed by atoms with Crippen molar-refractivity contribution in [1.29, 1.82) is 0 Å². The maximum absolute atomic E-state index is 11.3. The van der Waals surface area contributed by atoms with Crippen LogP contribution in [0, 0.1) is 0 Å². The van der Waals surface area contributed by atoms with Gasteiger partial charge in [-0.2, -0.15) is 0 Å². The zero-order valence-electron chi connectivity index (χ0n) is 16.6. The number of nitrogens with zero attached hydrogens (tertiary/aromatic N) is 3. The second-order valence-electron chi connectivity index (χ2n) is 7.60. The van der Waals surface area contributed by atoms with E-state index in [4.69, 9.17) is 4.98 Å². The monoisotopic (exact) mass is 377 g/mol. The third kappa shape index (κ3) is 3.54. The van der Waals surface area contributed by atoms with Gasteiger partial charge in [0.2, 0.25) is 0 Å². The van der Waals surface area contributed by atoms with Gasteiger partial charge in [-0.05, 0) is 61.6 Å². The Kier molecular flexibility index (Phi) is 5.18. The molecule has 0 aliphatic carbocycles. The Bertz CT molecular complexity index is 991. The Morgan fingerprint density at radius 1 is 1.18 bits per heavy atom. The van der Waals surface area contributed by atoms with E-state index < -0.39 is 5.97 Å². The molecule has 1 aromatic heterocycles. The number of fused-ring (bicyclic) bond motifs is 1. The number of aryl methyl sites for hydroxylation is 2. The van der Waals surface area contributed by atoms with E-state index in [2.05, 4.69) is 47.6 Å². The summed E-state index contributed by atoms with van der Waals surface area (Å²) in [6, 6.07) is 14.3. The van der Waals surface area contributed by atoms with E-state index in [1.54, 1.807) is 12.1 Å². The number of aromatic carboxylic acids is 1.